The van der Waals surface area contributed by atoms with Crippen LogP contribution in [-0.4, -0.2) is 68.8 Å². The highest BCUT2D eigenvalue weighted by molar-refractivity contribution is 7.80. The number of hydrogen-bond acceptors (Lipinski definition) is 7. The molecule has 4 N–H and O–H groups in total. The molecule has 0 radical (unpaired) electrons. The van der Waals surface area contributed by atoms with Crippen LogP contribution in [0.3, 0.4) is 0 Å². The molecule has 0 aliphatic carbocycles. The van der Waals surface area contributed by atoms with E-state index >= 15 is 0 Å². The number of nitrogens with one attached hydrogen (secondary N) is 1. The molecule has 0 aromatic heterocycles. The van der Waals surface area contributed by atoms with Crippen molar-refractivity contribution in [2.45, 2.75) is 96.7 Å². The van der Waals surface area contributed by atoms with Gasteiger partial charge in [-0.1, -0.05) is 64.7 Å². The van der Waals surface area contributed by atoms with Gasteiger partial charge in [0.25, 0.3) is 0 Å². The van der Waals surface area contributed by atoms with E-state index in [1.165, 1.54) is 64.7 Å². The molecule has 0 aliphatic rings. The fourth-order valence-corrected chi connectivity index (χ4v) is 3.13. The van der Waals surface area contributed by atoms with Crippen molar-refractivity contribution >= 4 is 10.4 Å². The van der Waals surface area contributed by atoms with Gasteiger partial charge in [0.15, 0.2) is 0 Å². The van der Waals surface area contributed by atoms with E-state index < -0.39 is 16.5 Å². The predicted octanol–water partition coefficient (Wildman–Crippen LogP) is 3.08. The molecule has 0 spiro atoms. The minimum atomic E-state index is -4.17. The number of rotatable bonds is 19. The molecule has 178 valence electrons. The first kappa shape index (κ1) is 30.9. The molecule has 0 fully saturated rings. The number of unbranched alkanes of at least 4 members (excludes halogenated alkanes) is 9. The van der Waals surface area contributed by atoms with Gasteiger partial charge in [0.05, 0.1) is 18.8 Å². The zero-order chi connectivity index (χ0) is 22.4. The summed E-state index contributed by atoms with van der Waals surface area (Å²) in [5, 5.41) is 21.9. The van der Waals surface area contributed by atoms with Crippen LogP contribution in [0, 0.1) is 0 Å². The van der Waals surface area contributed by atoms with Crippen molar-refractivity contribution in [1.82, 2.24) is 5.32 Å². The summed E-state index contributed by atoms with van der Waals surface area (Å²) in [5.41, 5.74) is 0. The predicted molar refractivity (Wildman–Crippen MR) is 116 cm³/mol. The smallest absolute Gasteiger partial charge is 0.396 e. The van der Waals surface area contributed by atoms with Crippen molar-refractivity contribution in [2.24, 2.45) is 0 Å². The van der Waals surface area contributed by atoms with Gasteiger partial charge in [0.1, 0.15) is 0 Å². The summed E-state index contributed by atoms with van der Waals surface area (Å²) in [7, 11) is -2.37. The molecular formula is C20H45NO7S. The molecule has 0 aliphatic heterocycles. The number of hydrogen-bond donors (Lipinski definition) is 4. The van der Waals surface area contributed by atoms with Gasteiger partial charge in [-0.15, -0.1) is 0 Å². The molecule has 2 atom stereocenters. The number of ether oxygens (including phenoxy) is 1. The molecule has 0 rings (SSSR count). The second-order valence-corrected chi connectivity index (χ2v) is 8.15. The Labute approximate surface area is 178 Å². The third-order valence-corrected chi connectivity index (χ3v) is 4.89. The average molecular weight is 444 g/mol. The van der Waals surface area contributed by atoms with Crippen LogP contribution in [0.1, 0.15) is 84.5 Å². The minimum absolute atomic E-state index is 0.0289. The summed E-state index contributed by atoms with van der Waals surface area (Å²) in [4.78, 5) is 0. The van der Waals surface area contributed by atoms with Gasteiger partial charge in [0.2, 0.25) is 0 Å². The molecule has 0 aromatic rings. The van der Waals surface area contributed by atoms with E-state index in [0.29, 0.717) is 19.6 Å². The van der Waals surface area contributed by atoms with E-state index in [9.17, 15) is 13.5 Å². The molecule has 2 unspecified atom stereocenters. The summed E-state index contributed by atoms with van der Waals surface area (Å²) in [5.74, 6) is 0. The molecule has 8 nitrogen and oxygen atoms in total. The number of aliphatic hydroxyl groups excluding tert-OH is 2. The lowest BCUT2D eigenvalue weighted by Gasteiger charge is -2.22. The van der Waals surface area contributed by atoms with Crippen LogP contribution in [0.5, 0.6) is 0 Å². The standard InChI is InChI=1S/C18H39NO3.C2H6O4S/c1-3-4-5-6-7-8-9-10-11-12-15-22-18(13-14-20)17(21)16-19-2;1-2-6-7(3,4)5/h17-21H,3-16H2,1-2H3;2H2,1H3,(H,3,4,5). The Hall–Kier alpha value is -0.290. The Morgan fingerprint density at radius 1 is 0.931 bits per heavy atom. The van der Waals surface area contributed by atoms with E-state index in [1.54, 1.807) is 0 Å². The van der Waals surface area contributed by atoms with Crippen molar-refractivity contribution in [2.75, 3.05) is 33.4 Å². The van der Waals surface area contributed by atoms with Crippen LogP contribution in [0.25, 0.3) is 0 Å². The van der Waals surface area contributed by atoms with Crippen molar-refractivity contribution in [3.05, 3.63) is 0 Å². The summed E-state index contributed by atoms with van der Waals surface area (Å²) in [6, 6.07) is 0. The first-order chi connectivity index (χ1) is 13.8. The second kappa shape index (κ2) is 22.4. The fourth-order valence-electron chi connectivity index (χ4n) is 2.83. The van der Waals surface area contributed by atoms with Crippen molar-refractivity contribution in [3.63, 3.8) is 0 Å². The number of likely N-dealkylation sites (N-methyl/N-ethyl adjacent to an activating group) is 1. The Kier molecular flexibility index (Phi) is 23.9. The number of aliphatic hydroxyl groups is 2. The largest absolute Gasteiger partial charge is 0.397 e. The average Bonchev–Trinajstić information content (AvgIpc) is 2.65. The first-order valence-electron chi connectivity index (χ1n) is 11.0. The van der Waals surface area contributed by atoms with Gasteiger partial charge in [-0.3, -0.25) is 4.55 Å². The second-order valence-electron chi connectivity index (χ2n) is 7.06. The molecular weight excluding hydrogens is 398 g/mol. The van der Waals surface area contributed by atoms with Gasteiger partial charge in [0, 0.05) is 19.8 Å². The Bertz CT molecular complexity index is 421. The highest BCUT2D eigenvalue weighted by Crippen LogP contribution is 2.11. The van der Waals surface area contributed by atoms with Gasteiger partial charge in [-0.05, 0) is 26.8 Å². The van der Waals surface area contributed by atoms with Crippen LogP contribution in [-0.2, 0) is 19.3 Å². The van der Waals surface area contributed by atoms with Gasteiger partial charge < -0.3 is 20.3 Å². The van der Waals surface area contributed by atoms with Crippen LogP contribution >= 0.6 is 0 Å². The van der Waals surface area contributed by atoms with Crippen LogP contribution in [0.2, 0.25) is 0 Å². The lowest BCUT2D eigenvalue weighted by Crippen LogP contribution is -2.37. The van der Waals surface area contributed by atoms with Gasteiger partial charge in [-0.2, -0.15) is 8.42 Å². The summed E-state index contributed by atoms with van der Waals surface area (Å²) < 4.78 is 36.4. The fraction of sp³-hybridized carbons (Fsp3) is 1.00. The van der Waals surface area contributed by atoms with Crippen molar-refractivity contribution < 1.29 is 32.1 Å². The van der Waals surface area contributed by atoms with E-state index in [2.05, 4.69) is 16.4 Å². The lowest BCUT2D eigenvalue weighted by atomic mass is 10.1. The maximum absolute atomic E-state index is 9.90. The topological polar surface area (TPSA) is 125 Å². The lowest BCUT2D eigenvalue weighted by molar-refractivity contribution is -0.0472. The SMILES string of the molecule is CCCCCCCCCCCCOC(CCO)C(O)CNC.CCOS(=O)(=O)O. The summed E-state index contributed by atoms with van der Waals surface area (Å²) in [6.45, 7) is 4.94. The maximum Gasteiger partial charge on any atom is 0.397 e. The van der Waals surface area contributed by atoms with Gasteiger partial charge in [-0.25, -0.2) is 4.18 Å². The van der Waals surface area contributed by atoms with Crippen molar-refractivity contribution in [1.29, 1.82) is 0 Å². The Morgan fingerprint density at radius 3 is 1.83 bits per heavy atom. The zero-order valence-corrected chi connectivity index (χ0v) is 19.5. The summed E-state index contributed by atoms with van der Waals surface area (Å²) in [6.07, 6.45) is 12.8. The first-order valence-corrected chi connectivity index (χ1v) is 12.4. The van der Waals surface area contributed by atoms with E-state index in [-0.39, 0.29) is 19.3 Å². The van der Waals surface area contributed by atoms with E-state index in [4.69, 9.17) is 14.4 Å². The third-order valence-electron chi connectivity index (χ3n) is 4.35. The van der Waals surface area contributed by atoms with Crippen LogP contribution in [0.15, 0.2) is 0 Å². The molecule has 0 amide bonds. The molecule has 0 saturated heterocycles. The van der Waals surface area contributed by atoms with E-state index in [1.807, 2.05) is 7.05 Å². The zero-order valence-electron chi connectivity index (χ0n) is 18.6. The Morgan fingerprint density at radius 2 is 1.45 bits per heavy atom. The molecule has 0 saturated carbocycles. The molecule has 0 bridgehead atoms. The van der Waals surface area contributed by atoms with Crippen LogP contribution < -0.4 is 5.32 Å². The molecule has 0 aromatic carbocycles. The van der Waals surface area contributed by atoms with Gasteiger partial charge >= 0.3 is 10.4 Å². The van der Waals surface area contributed by atoms with Crippen LogP contribution in [0.4, 0.5) is 0 Å². The quantitative estimate of drug-likeness (QED) is 0.177. The molecule has 9 heteroatoms. The summed E-state index contributed by atoms with van der Waals surface area (Å²) >= 11 is 0. The Balaban J connectivity index is 0. The normalized spacial score (nSPS) is 13.6. The highest BCUT2D eigenvalue weighted by atomic mass is 32.3. The van der Waals surface area contributed by atoms with Crippen molar-refractivity contribution in [3.8, 4) is 0 Å². The monoisotopic (exact) mass is 443 g/mol. The van der Waals surface area contributed by atoms with E-state index in [0.717, 1.165) is 6.42 Å². The molecule has 0 heterocycles. The minimum Gasteiger partial charge on any atom is -0.396 e. The highest BCUT2D eigenvalue weighted by Gasteiger charge is 2.18. The molecule has 29 heavy (non-hydrogen) atoms. The third kappa shape index (κ3) is 25.7. The maximum atomic E-state index is 9.90.